The normalized spacial score (nSPS) is 12.5. The van der Waals surface area contributed by atoms with Gasteiger partial charge in [0.15, 0.2) is 0 Å². The first-order valence-corrected chi connectivity index (χ1v) is 7.13. The number of likely N-dealkylation sites (N-methyl/N-ethyl adjacent to an activating group) is 1. The number of rotatable bonds is 7. The summed E-state index contributed by atoms with van der Waals surface area (Å²) in [4.78, 5) is 13.7. The highest BCUT2D eigenvalue weighted by Gasteiger charge is 2.12. The van der Waals surface area contributed by atoms with Crippen molar-refractivity contribution >= 4 is 27.5 Å². The quantitative estimate of drug-likeness (QED) is 0.789. The second-order valence-corrected chi connectivity index (χ2v) is 5.69. The number of nitrogens with zero attached hydrogens (tertiary/aromatic N) is 1. The van der Waals surface area contributed by atoms with E-state index in [0.29, 0.717) is 6.54 Å². The third-order valence-electron chi connectivity index (χ3n) is 2.69. The Morgan fingerprint density at radius 3 is 2.85 bits per heavy atom. The Morgan fingerprint density at radius 1 is 1.55 bits per heavy atom. The van der Waals surface area contributed by atoms with Crippen LogP contribution < -0.4 is 5.32 Å². The SMILES string of the molecule is COCC(O)CN(C)CC(=O)Nc1ccc(C)cc1Br. The topological polar surface area (TPSA) is 61.8 Å². The molecule has 5 nitrogen and oxygen atoms in total. The number of carbonyl (C=O) groups excluding carboxylic acids is 1. The number of halogens is 1. The summed E-state index contributed by atoms with van der Waals surface area (Å²) in [6.45, 7) is 2.84. The minimum atomic E-state index is -0.594. The maximum atomic E-state index is 11.9. The number of hydrogen-bond donors (Lipinski definition) is 2. The van der Waals surface area contributed by atoms with Crippen LogP contribution in [0.1, 0.15) is 5.56 Å². The van der Waals surface area contributed by atoms with Crippen LogP contribution in [0.4, 0.5) is 5.69 Å². The van der Waals surface area contributed by atoms with Crippen LogP contribution in [-0.2, 0) is 9.53 Å². The van der Waals surface area contributed by atoms with Crippen LogP contribution >= 0.6 is 15.9 Å². The number of carbonyl (C=O) groups is 1. The lowest BCUT2D eigenvalue weighted by atomic mass is 10.2. The lowest BCUT2D eigenvalue weighted by molar-refractivity contribution is -0.117. The molecule has 1 aromatic carbocycles. The summed E-state index contributed by atoms with van der Waals surface area (Å²) in [5.74, 6) is -0.123. The molecule has 6 heteroatoms. The van der Waals surface area contributed by atoms with Gasteiger partial charge < -0.3 is 15.2 Å². The van der Waals surface area contributed by atoms with Crippen molar-refractivity contribution in [3.63, 3.8) is 0 Å². The van der Waals surface area contributed by atoms with Crippen LogP contribution in [0.2, 0.25) is 0 Å². The summed E-state index contributed by atoms with van der Waals surface area (Å²) in [5, 5.41) is 12.4. The third kappa shape index (κ3) is 6.00. The smallest absolute Gasteiger partial charge is 0.238 e. The molecule has 0 aliphatic carbocycles. The number of methoxy groups -OCH3 is 1. The number of nitrogens with one attached hydrogen (secondary N) is 1. The van der Waals surface area contributed by atoms with E-state index in [0.717, 1.165) is 15.7 Å². The Bertz CT molecular complexity index is 454. The van der Waals surface area contributed by atoms with E-state index in [1.165, 1.54) is 7.11 Å². The number of ether oxygens (including phenoxy) is 1. The van der Waals surface area contributed by atoms with Crippen LogP contribution in [0, 0.1) is 6.92 Å². The first-order chi connectivity index (χ1) is 9.42. The number of benzene rings is 1. The Kier molecular flexibility index (Phi) is 7.15. The van der Waals surface area contributed by atoms with E-state index in [4.69, 9.17) is 4.74 Å². The van der Waals surface area contributed by atoms with Crippen LogP contribution in [0.3, 0.4) is 0 Å². The molecule has 0 aliphatic heterocycles. The average Bonchev–Trinajstić information content (AvgIpc) is 2.32. The van der Waals surface area contributed by atoms with Crippen molar-refractivity contribution in [1.29, 1.82) is 0 Å². The van der Waals surface area contributed by atoms with Crippen molar-refractivity contribution < 1.29 is 14.6 Å². The Morgan fingerprint density at radius 2 is 2.25 bits per heavy atom. The fraction of sp³-hybridized carbons (Fsp3) is 0.500. The fourth-order valence-electron chi connectivity index (χ4n) is 1.83. The third-order valence-corrected chi connectivity index (χ3v) is 3.35. The highest BCUT2D eigenvalue weighted by Crippen LogP contribution is 2.23. The summed E-state index contributed by atoms with van der Waals surface area (Å²) in [6, 6.07) is 5.74. The molecule has 112 valence electrons. The maximum absolute atomic E-state index is 11.9. The van der Waals surface area contributed by atoms with Gasteiger partial charge in [-0.15, -0.1) is 0 Å². The molecule has 0 bridgehead atoms. The second kappa shape index (κ2) is 8.36. The van der Waals surface area contributed by atoms with Gasteiger partial charge in [0.05, 0.1) is 24.9 Å². The first kappa shape index (κ1) is 17.1. The number of hydrogen-bond acceptors (Lipinski definition) is 4. The Hall–Kier alpha value is -0.950. The van der Waals surface area contributed by atoms with Crippen LogP contribution in [0.5, 0.6) is 0 Å². The minimum Gasteiger partial charge on any atom is -0.389 e. The highest BCUT2D eigenvalue weighted by molar-refractivity contribution is 9.10. The second-order valence-electron chi connectivity index (χ2n) is 4.84. The van der Waals surface area contributed by atoms with Gasteiger partial charge in [0.1, 0.15) is 0 Å². The summed E-state index contributed by atoms with van der Waals surface area (Å²) in [5.41, 5.74) is 1.86. The molecular formula is C14H21BrN2O3. The fourth-order valence-corrected chi connectivity index (χ4v) is 2.42. The van der Waals surface area contributed by atoms with Crippen LogP contribution in [-0.4, -0.2) is 55.9 Å². The molecule has 0 saturated heterocycles. The van der Waals surface area contributed by atoms with Gasteiger partial charge in [-0.1, -0.05) is 6.07 Å². The van der Waals surface area contributed by atoms with Gasteiger partial charge >= 0.3 is 0 Å². The number of aliphatic hydroxyl groups is 1. The highest BCUT2D eigenvalue weighted by atomic mass is 79.9. The molecule has 0 aliphatic rings. The standard InChI is InChI=1S/C14H21BrN2O3/c1-10-4-5-13(12(15)6-10)16-14(19)8-17(2)7-11(18)9-20-3/h4-6,11,18H,7-9H2,1-3H3,(H,16,19). The van der Waals surface area contributed by atoms with Gasteiger partial charge in [0.25, 0.3) is 0 Å². The monoisotopic (exact) mass is 344 g/mol. The van der Waals surface area contributed by atoms with Crippen molar-refractivity contribution in [2.75, 3.05) is 39.2 Å². The predicted molar refractivity (Wildman–Crippen MR) is 82.9 cm³/mol. The summed E-state index contributed by atoms with van der Waals surface area (Å²) < 4.78 is 5.70. The molecule has 0 saturated carbocycles. The van der Waals surface area contributed by atoms with Crippen molar-refractivity contribution in [2.45, 2.75) is 13.0 Å². The molecule has 1 atom stereocenters. The van der Waals surface area contributed by atoms with Crippen LogP contribution in [0.15, 0.2) is 22.7 Å². The molecule has 0 aromatic heterocycles. The first-order valence-electron chi connectivity index (χ1n) is 6.34. The van der Waals surface area contributed by atoms with Crippen molar-refractivity contribution in [3.05, 3.63) is 28.2 Å². The van der Waals surface area contributed by atoms with E-state index >= 15 is 0 Å². The minimum absolute atomic E-state index is 0.123. The molecule has 0 spiro atoms. The zero-order valence-corrected chi connectivity index (χ0v) is 13.6. The molecule has 20 heavy (non-hydrogen) atoms. The van der Waals surface area contributed by atoms with E-state index in [-0.39, 0.29) is 19.1 Å². The van der Waals surface area contributed by atoms with Crippen LogP contribution in [0.25, 0.3) is 0 Å². The molecule has 1 rings (SSSR count). The number of amides is 1. The molecule has 0 radical (unpaired) electrons. The lowest BCUT2D eigenvalue weighted by Crippen LogP contribution is -2.37. The predicted octanol–water partition coefficient (Wildman–Crippen LogP) is 1.64. The molecule has 1 aromatic rings. The zero-order chi connectivity index (χ0) is 15.1. The van der Waals surface area contributed by atoms with E-state index in [1.807, 2.05) is 25.1 Å². The van der Waals surface area contributed by atoms with Gasteiger partial charge in [-0.25, -0.2) is 0 Å². The van der Waals surface area contributed by atoms with Gasteiger partial charge in [-0.05, 0) is 47.6 Å². The summed E-state index contributed by atoms with van der Waals surface area (Å²) in [6.07, 6.45) is -0.594. The van der Waals surface area contributed by atoms with E-state index in [9.17, 15) is 9.90 Å². The number of aliphatic hydroxyl groups excluding tert-OH is 1. The molecule has 0 heterocycles. The molecular weight excluding hydrogens is 324 g/mol. The Labute approximate surface area is 128 Å². The lowest BCUT2D eigenvalue weighted by Gasteiger charge is -2.19. The van der Waals surface area contributed by atoms with E-state index < -0.39 is 6.10 Å². The van der Waals surface area contributed by atoms with Gasteiger partial charge in [0.2, 0.25) is 5.91 Å². The van der Waals surface area contributed by atoms with E-state index in [2.05, 4.69) is 21.2 Å². The van der Waals surface area contributed by atoms with Gasteiger partial charge in [0, 0.05) is 18.1 Å². The average molecular weight is 345 g/mol. The molecule has 1 amide bonds. The maximum Gasteiger partial charge on any atom is 0.238 e. The summed E-state index contributed by atoms with van der Waals surface area (Å²) >= 11 is 3.42. The molecule has 0 fully saturated rings. The van der Waals surface area contributed by atoms with Crippen molar-refractivity contribution in [1.82, 2.24) is 4.90 Å². The van der Waals surface area contributed by atoms with Crippen molar-refractivity contribution in [2.24, 2.45) is 0 Å². The Balaban J connectivity index is 2.46. The van der Waals surface area contributed by atoms with Crippen molar-refractivity contribution in [3.8, 4) is 0 Å². The molecule has 2 N–H and O–H groups in total. The zero-order valence-electron chi connectivity index (χ0n) is 12.0. The number of anilines is 1. The summed E-state index contributed by atoms with van der Waals surface area (Å²) in [7, 11) is 3.31. The molecule has 1 unspecified atom stereocenters. The van der Waals surface area contributed by atoms with Gasteiger partial charge in [-0.2, -0.15) is 0 Å². The van der Waals surface area contributed by atoms with E-state index in [1.54, 1.807) is 11.9 Å². The number of aryl methyl sites for hydroxylation is 1. The van der Waals surface area contributed by atoms with Gasteiger partial charge in [-0.3, -0.25) is 9.69 Å². The largest absolute Gasteiger partial charge is 0.389 e.